The predicted molar refractivity (Wildman–Crippen MR) is 125 cm³/mol. The van der Waals surface area contributed by atoms with Gasteiger partial charge in [-0.25, -0.2) is 8.42 Å². The van der Waals surface area contributed by atoms with Crippen LogP contribution in [0.2, 0.25) is 5.02 Å². The summed E-state index contributed by atoms with van der Waals surface area (Å²) < 4.78 is 27.4. The Bertz CT molecular complexity index is 1180. The largest absolute Gasteiger partial charge is 0.372 e. The Hall–Kier alpha value is -3.03. The highest BCUT2D eigenvalue weighted by Gasteiger charge is 2.17. The maximum absolute atomic E-state index is 12.6. The summed E-state index contributed by atoms with van der Waals surface area (Å²) in [6, 6.07) is 20.2. The molecule has 1 fully saturated rings. The highest BCUT2D eigenvalue weighted by molar-refractivity contribution is 7.92. The molecular weight excluding hydrogens is 434 g/mol. The van der Waals surface area contributed by atoms with Crippen LogP contribution in [0.3, 0.4) is 0 Å². The summed E-state index contributed by atoms with van der Waals surface area (Å²) >= 11 is 6.27. The van der Waals surface area contributed by atoms with Gasteiger partial charge in [0.25, 0.3) is 15.9 Å². The quantitative estimate of drug-likeness (QED) is 0.548. The van der Waals surface area contributed by atoms with Crippen molar-refractivity contribution in [2.75, 3.05) is 28.0 Å². The molecule has 0 bridgehead atoms. The number of carbonyl (C=O) groups excluding carboxylic acids is 1. The Kier molecular flexibility index (Phi) is 6.15. The SMILES string of the molecule is O=C(Nc1ccc(N2CCCC2)cc1)c1ccc(NS(=O)(=O)c2ccccc2)cc1Cl. The number of nitrogens with one attached hydrogen (secondary N) is 2. The molecule has 160 valence electrons. The summed E-state index contributed by atoms with van der Waals surface area (Å²) in [5.41, 5.74) is 2.34. The van der Waals surface area contributed by atoms with Gasteiger partial charge in [-0.2, -0.15) is 0 Å². The Morgan fingerprint density at radius 2 is 1.52 bits per heavy atom. The van der Waals surface area contributed by atoms with E-state index in [2.05, 4.69) is 14.9 Å². The summed E-state index contributed by atoms with van der Waals surface area (Å²) in [6.45, 7) is 2.11. The van der Waals surface area contributed by atoms with Crippen molar-refractivity contribution >= 4 is 44.6 Å². The fourth-order valence-electron chi connectivity index (χ4n) is 3.51. The number of nitrogens with zero attached hydrogens (tertiary/aromatic N) is 1. The van der Waals surface area contributed by atoms with Gasteiger partial charge in [0, 0.05) is 24.5 Å². The van der Waals surface area contributed by atoms with Crippen LogP contribution in [0.25, 0.3) is 0 Å². The van der Waals surface area contributed by atoms with Crippen LogP contribution in [0.5, 0.6) is 0 Å². The Labute approximate surface area is 186 Å². The fraction of sp³-hybridized carbons (Fsp3) is 0.174. The average molecular weight is 456 g/mol. The molecule has 0 spiro atoms. The van der Waals surface area contributed by atoms with E-state index < -0.39 is 10.0 Å². The minimum absolute atomic E-state index is 0.144. The highest BCUT2D eigenvalue weighted by atomic mass is 35.5. The molecule has 0 atom stereocenters. The average Bonchev–Trinajstić information content (AvgIpc) is 3.29. The second-order valence-corrected chi connectivity index (χ2v) is 9.40. The first kappa shape index (κ1) is 21.2. The smallest absolute Gasteiger partial charge is 0.261 e. The topological polar surface area (TPSA) is 78.5 Å². The van der Waals surface area contributed by atoms with Gasteiger partial charge in [0.15, 0.2) is 0 Å². The molecule has 4 rings (SSSR count). The zero-order chi connectivity index (χ0) is 21.8. The number of halogens is 1. The fourth-order valence-corrected chi connectivity index (χ4v) is 4.84. The molecule has 0 unspecified atom stereocenters. The number of sulfonamides is 1. The molecule has 1 amide bonds. The van der Waals surface area contributed by atoms with Gasteiger partial charge in [-0.3, -0.25) is 9.52 Å². The van der Waals surface area contributed by atoms with Crippen LogP contribution in [0.15, 0.2) is 77.7 Å². The van der Waals surface area contributed by atoms with Crippen LogP contribution in [0.4, 0.5) is 17.1 Å². The molecule has 0 aromatic heterocycles. The van der Waals surface area contributed by atoms with Crippen molar-refractivity contribution in [1.29, 1.82) is 0 Å². The van der Waals surface area contributed by atoms with Crippen LogP contribution in [-0.4, -0.2) is 27.4 Å². The van der Waals surface area contributed by atoms with Crippen molar-refractivity contribution in [3.05, 3.63) is 83.4 Å². The van der Waals surface area contributed by atoms with Gasteiger partial charge in [-0.1, -0.05) is 29.8 Å². The third kappa shape index (κ3) is 5.00. The first-order chi connectivity index (χ1) is 14.9. The lowest BCUT2D eigenvalue weighted by atomic mass is 10.2. The number of hydrogen-bond donors (Lipinski definition) is 2. The van der Waals surface area contributed by atoms with E-state index in [4.69, 9.17) is 11.6 Å². The Morgan fingerprint density at radius 3 is 2.16 bits per heavy atom. The number of amides is 1. The lowest BCUT2D eigenvalue weighted by molar-refractivity contribution is 0.102. The second-order valence-electron chi connectivity index (χ2n) is 7.31. The van der Waals surface area contributed by atoms with E-state index in [1.807, 2.05) is 24.3 Å². The van der Waals surface area contributed by atoms with Gasteiger partial charge in [-0.15, -0.1) is 0 Å². The van der Waals surface area contributed by atoms with Gasteiger partial charge in [0.2, 0.25) is 0 Å². The van der Waals surface area contributed by atoms with Crippen molar-refractivity contribution in [3.8, 4) is 0 Å². The molecule has 31 heavy (non-hydrogen) atoms. The summed E-state index contributed by atoms with van der Waals surface area (Å²) in [5, 5.41) is 2.98. The van der Waals surface area contributed by atoms with E-state index in [0.29, 0.717) is 5.69 Å². The molecule has 2 N–H and O–H groups in total. The number of hydrogen-bond acceptors (Lipinski definition) is 4. The third-order valence-corrected chi connectivity index (χ3v) is 6.83. The molecular formula is C23H22ClN3O3S. The predicted octanol–water partition coefficient (Wildman–Crippen LogP) is 4.99. The molecule has 1 heterocycles. The molecule has 3 aromatic rings. The molecule has 3 aromatic carbocycles. The monoisotopic (exact) mass is 455 g/mol. The Balaban J connectivity index is 1.44. The molecule has 1 aliphatic rings. The molecule has 0 radical (unpaired) electrons. The van der Waals surface area contributed by atoms with E-state index in [0.717, 1.165) is 18.8 Å². The van der Waals surface area contributed by atoms with E-state index in [9.17, 15) is 13.2 Å². The standard InChI is InChI=1S/C23H22ClN3O3S/c24-22-16-18(26-31(29,30)20-6-2-1-3-7-20)10-13-21(22)23(28)25-17-8-11-19(12-9-17)27-14-4-5-15-27/h1-3,6-13,16,26H,4-5,14-15H2,(H,25,28). The summed E-state index contributed by atoms with van der Waals surface area (Å²) in [6.07, 6.45) is 2.41. The van der Waals surface area contributed by atoms with Crippen LogP contribution < -0.4 is 14.9 Å². The normalized spacial score (nSPS) is 13.8. The van der Waals surface area contributed by atoms with Crippen molar-refractivity contribution in [1.82, 2.24) is 0 Å². The number of carbonyl (C=O) groups is 1. The first-order valence-corrected chi connectivity index (χ1v) is 11.8. The van der Waals surface area contributed by atoms with Gasteiger partial charge in [-0.05, 0) is 67.4 Å². The number of anilines is 3. The van der Waals surface area contributed by atoms with Gasteiger partial charge in [0.1, 0.15) is 0 Å². The van der Waals surface area contributed by atoms with Gasteiger partial charge in [0.05, 0.1) is 21.2 Å². The minimum atomic E-state index is -3.74. The van der Waals surface area contributed by atoms with Gasteiger partial charge < -0.3 is 10.2 Å². The van der Waals surface area contributed by atoms with Crippen LogP contribution in [-0.2, 0) is 10.0 Å². The molecule has 0 aliphatic carbocycles. The zero-order valence-corrected chi connectivity index (χ0v) is 18.3. The van der Waals surface area contributed by atoms with Crippen LogP contribution >= 0.6 is 11.6 Å². The highest BCUT2D eigenvalue weighted by Crippen LogP contribution is 2.26. The zero-order valence-electron chi connectivity index (χ0n) is 16.7. The molecule has 6 nitrogen and oxygen atoms in total. The maximum Gasteiger partial charge on any atom is 0.261 e. The summed E-state index contributed by atoms with van der Waals surface area (Å²) in [5.74, 6) is -0.364. The van der Waals surface area contributed by atoms with Gasteiger partial charge >= 0.3 is 0 Å². The van der Waals surface area contributed by atoms with E-state index in [1.54, 1.807) is 18.2 Å². The van der Waals surface area contributed by atoms with Crippen molar-refractivity contribution < 1.29 is 13.2 Å². The van der Waals surface area contributed by atoms with Crippen molar-refractivity contribution in [3.63, 3.8) is 0 Å². The first-order valence-electron chi connectivity index (χ1n) is 9.96. The lowest BCUT2D eigenvalue weighted by Gasteiger charge is -2.18. The van der Waals surface area contributed by atoms with E-state index in [1.165, 1.54) is 43.2 Å². The molecule has 1 aliphatic heterocycles. The van der Waals surface area contributed by atoms with E-state index in [-0.39, 0.29) is 27.1 Å². The molecule has 8 heteroatoms. The number of benzene rings is 3. The minimum Gasteiger partial charge on any atom is -0.372 e. The van der Waals surface area contributed by atoms with Crippen LogP contribution in [0, 0.1) is 0 Å². The van der Waals surface area contributed by atoms with Crippen LogP contribution in [0.1, 0.15) is 23.2 Å². The number of rotatable bonds is 6. The molecule has 1 saturated heterocycles. The summed E-state index contributed by atoms with van der Waals surface area (Å²) in [7, 11) is -3.74. The molecule has 0 saturated carbocycles. The lowest BCUT2D eigenvalue weighted by Crippen LogP contribution is -2.17. The Morgan fingerprint density at radius 1 is 0.871 bits per heavy atom. The van der Waals surface area contributed by atoms with E-state index >= 15 is 0 Å². The van der Waals surface area contributed by atoms with Crippen molar-refractivity contribution in [2.45, 2.75) is 17.7 Å². The third-order valence-electron chi connectivity index (χ3n) is 5.12. The second kappa shape index (κ2) is 8.99. The van der Waals surface area contributed by atoms with Crippen molar-refractivity contribution in [2.24, 2.45) is 0 Å². The maximum atomic E-state index is 12.6. The summed E-state index contributed by atoms with van der Waals surface area (Å²) in [4.78, 5) is 15.1.